The quantitative estimate of drug-likeness (QED) is 0.761. The molecule has 2 unspecified atom stereocenters. The molecule has 2 heteroatoms. The summed E-state index contributed by atoms with van der Waals surface area (Å²) in [5.41, 5.74) is 1.15. The van der Waals surface area contributed by atoms with Gasteiger partial charge in [-0.1, -0.05) is 30.3 Å². The highest BCUT2D eigenvalue weighted by atomic mass is 16.1. The molecule has 1 heterocycles. The maximum atomic E-state index is 11.2. The Morgan fingerprint density at radius 1 is 1.33 bits per heavy atom. The van der Waals surface area contributed by atoms with Crippen LogP contribution in [0, 0.1) is 5.92 Å². The molecule has 0 aliphatic carbocycles. The largest absolute Gasteiger partial charge is 0.316 e. The number of nitrogens with one attached hydrogen (secondary N) is 1. The Kier molecular flexibility index (Phi) is 3.51. The second kappa shape index (κ2) is 5.08. The van der Waals surface area contributed by atoms with E-state index in [4.69, 9.17) is 0 Å². The summed E-state index contributed by atoms with van der Waals surface area (Å²) in [6.07, 6.45) is 3.44. The second-order valence-corrected chi connectivity index (χ2v) is 4.18. The van der Waals surface area contributed by atoms with Crippen LogP contribution in [0.2, 0.25) is 0 Å². The van der Waals surface area contributed by atoms with Crippen molar-refractivity contribution in [2.24, 2.45) is 5.92 Å². The molecule has 0 saturated carbocycles. The van der Waals surface area contributed by atoms with Crippen molar-refractivity contribution in [3.8, 4) is 0 Å². The van der Waals surface area contributed by atoms with Crippen molar-refractivity contribution < 1.29 is 4.79 Å². The van der Waals surface area contributed by atoms with Crippen molar-refractivity contribution in [1.82, 2.24) is 5.32 Å². The normalized spacial score (nSPS) is 23.3. The SMILES string of the molecule is O=CC(c1ccccc1)C1CCCNC1. The van der Waals surface area contributed by atoms with Crippen molar-refractivity contribution in [3.05, 3.63) is 35.9 Å². The molecule has 2 rings (SSSR count). The van der Waals surface area contributed by atoms with E-state index < -0.39 is 0 Å². The number of benzene rings is 1. The standard InChI is InChI=1S/C13H17NO/c15-10-13(11-5-2-1-3-6-11)12-7-4-8-14-9-12/h1-3,5-6,10,12-14H,4,7-9H2. The number of hydrogen-bond acceptors (Lipinski definition) is 2. The van der Waals surface area contributed by atoms with Crippen LogP contribution in [0.5, 0.6) is 0 Å². The van der Waals surface area contributed by atoms with E-state index in [2.05, 4.69) is 5.32 Å². The molecule has 80 valence electrons. The molecule has 0 spiro atoms. The average molecular weight is 203 g/mol. The fourth-order valence-electron chi connectivity index (χ4n) is 2.32. The number of carbonyl (C=O) groups is 1. The van der Waals surface area contributed by atoms with Crippen LogP contribution >= 0.6 is 0 Å². The van der Waals surface area contributed by atoms with Crippen molar-refractivity contribution in [2.75, 3.05) is 13.1 Å². The lowest BCUT2D eigenvalue weighted by Gasteiger charge is -2.27. The molecule has 1 saturated heterocycles. The van der Waals surface area contributed by atoms with Gasteiger partial charge in [0.15, 0.2) is 0 Å². The molecule has 1 aromatic carbocycles. The van der Waals surface area contributed by atoms with Crippen LogP contribution in [0.3, 0.4) is 0 Å². The molecule has 0 aromatic heterocycles. The zero-order valence-corrected chi connectivity index (χ0v) is 8.86. The summed E-state index contributed by atoms with van der Waals surface area (Å²) < 4.78 is 0. The zero-order chi connectivity index (χ0) is 10.5. The number of hydrogen-bond donors (Lipinski definition) is 1. The van der Waals surface area contributed by atoms with Crippen LogP contribution in [-0.2, 0) is 4.79 Å². The van der Waals surface area contributed by atoms with E-state index >= 15 is 0 Å². The first-order chi connectivity index (χ1) is 7.42. The van der Waals surface area contributed by atoms with Gasteiger partial charge in [0.2, 0.25) is 0 Å². The molecule has 2 atom stereocenters. The van der Waals surface area contributed by atoms with Gasteiger partial charge < -0.3 is 10.1 Å². The van der Waals surface area contributed by atoms with E-state index in [9.17, 15) is 4.79 Å². The summed E-state index contributed by atoms with van der Waals surface area (Å²) >= 11 is 0. The Morgan fingerprint density at radius 2 is 2.13 bits per heavy atom. The predicted molar refractivity (Wildman–Crippen MR) is 60.8 cm³/mol. The van der Waals surface area contributed by atoms with E-state index in [0.717, 1.165) is 31.4 Å². The van der Waals surface area contributed by atoms with Gasteiger partial charge in [0, 0.05) is 5.92 Å². The van der Waals surface area contributed by atoms with Gasteiger partial charge in [0.25, 0.3) is 0 Å². The summed E-state index contributed by atoms with van der Waals surface area (Å²) in [6, 6.07) is 10.1. The van der Waals surface area contributed by atoms with Gasteiger partial charge in [-0.15, -0.1) is 0 Å². The summed E-state index contributed by atoms with van der Waals surface area (Å²) in [4.78, 5) is 11.2. The summed E-state index contributed by atoms with van der Waals surface area (Å²) in [7, 11) is 0. The van der Waals surface area contributed by atoms with Gasteiger partial charge in [-0.25, -0.2) is 0 Å². The van der Waals surface area contributed by atoms with Crippen LogP contribution in [0.15, 0.2) is 30.3 Å². The van der Waals surface area contributed by atoms with Crippen LogP contribution < -0.4 is 5.32 Å². The van der Waals surface area contributed by atoms with Crippen LogP contribution in [0.1, 0.15) is 24.3 Å². The molecule has 1 fully saturated rings. The highest BCUT2D eigenvalue weighted by molar-refractivity contribution is 5.62. The Morgan fingerprint density at radius 3 is 2.73 bits per heavy atom. The van der Waals surface area contributed by atoms with Gasteiger partial charge >= 0.3 is 0 Å². The molecular formula is C13H17NO. The Labute approximate surface area is 90.7 Å². The van der Waals surface area contributed by atoms with E-state index in [-0.39, 0.29) is 5.92 Å². The molecule has 0 radical (unpaired) electrons. The zero-order valence-electron chi connectivity index (χ0n) is 8.86. The third kappa shape index (κ3) is 2.45. The molecule has 1 N–H and O–H groups in total. The predicted octanol–water partition coefficient (Wildman–Crippen LogP) is 1.97. The van der Waals surface area contributed by atoms with Crippen LogP contribution in [-0.4, -0.2) is 19.4 Å². The fraction of sp³-hybridized carbons (Fsp3) is 0.462. The fourth-order valence-corrected chi connectivity index (χ4v) is 2.32. The molecule has 0 bridgehead atoms. The lowest BCUT2D eigenvalue weighted by atomic mass is 9.82. The monoisotopic (exact) mass is 203 g/mol. The third-order valence-corrected chi connectivity index (χ3v) is 3.17. The summed E-state index contributed by atoms with van der Waals surface area (Å²) in [6.45, 7) is 2.06. The number of rotatable bonds is 3. The first-order valence-corrected chi connectivity index (χ1v) is 5.63. The Bertz CT molecular complexity index is 304. The molecule has 2 nitrogen and oxygen atoms in total. The first kappa shape index (κ1) is 10.4. The molecule has 15 heavy (non-hydrogen) atoms. The molecule has 1 aliphatic heterocycles. The van der Waals surface area contributed by atoms with Crippen molar-refractivity contribution in [2.45, 2.75) is 18.8 Å². The number of piperidine rings is 1. The first-order valence-electron chi connectivity index (χ1n) is 5.63. The van der Waals surface area contributed by atoms with Crippen molar-refractivity contribution >= 4 is 6.29 Å². The van der Waals surface area contributed by atoms with E-state index in [1.807, 2.05) is 30.3 Å². The third-order valence-electron chi connectivity index (χ3n) is 3.17. The minimum Gasteiger partial charge on any atom is -0.316 e. The van der Waals surface area contributed by atoms with Crippen LogP contribution in [0.4, 0.5) is 0 Å². The van der Waals surface area contributed by atoms with Gasteiger partial charge in [-0.3, -0.25) is 0 Å². The molecule has 1 aliphatic rings. The summed E-state index contributed by atoms with van der Waals surface area (Å²) in [5.74, 6) is 0.539. The topological polar surface area (TPSA) is 29.1 Å². The minimum atomic E-state index is 0.0685. The van der Waals surface area contributed by atoms with Crippen molar-refractivity contribution in [3.63, 3.8) is 0 Å². The summed E-state index contributed by atoms with van der Waals surface area (Å²) in [5, 5.41) is 3.36. The lowest BCUT2D eigenvalue weighted by Crippen LogP contribution is -2.33. The van der Waals surface area contributed by atoms with Crippen LogP contribution in [0.25, 0.3) is 0 Å². The molecule has 0 amide bonds. The number of aldehydes is 1. The van der Waals surface area contributed by atoms with Gasteiger partial charge in [0.05, 0.1) is 0 Å². The highest BCUT2D eigenvalue weighted by Gasteiger charge is 2.24. The minimum absolute atomic E-state index is 0.0685. The second-order valence-electron chi connectivity index (χ2n) is 4.18. The molecular weight excluding hydrogens is 186 g/mol. The van der Waals surface area contributed by atoms with Crippen molar-refractivity contribution in [1.29, 1.82) is 0 Å². The number of carbonyl (C=O) groups excluding carboxylic acids is 1. The smallest absolute Gasteiger partial charge is 0.127 e. The maximum absolute atomic E-state index is 11.2. The van der Waals surface area contributed by atoms with Gasteiger partial charge in [-0.05, 0) is 37.4 Å². The van der Waals surface area contributed by atoms with Gasteiger partial charge in [-0.2, -0.15) is 0 Å². The molecule has 1 aromatic rings. The van der Waals surface area contributed by atoms with Gasteiger partial charge in [0.1, 0.15) is 6.29 Å². The maximum Gasteiger partial charge on any atom is 0.127 e. The van der Waals surface area contributed by atoms with E-state index in [0.29, 0.717) is 5.92 Å². The lowest BCUT2D eigenvalue weighted by molar-refractivity contribution is -0.110. The Hall–Kier alpha value is -1.15. The van der Waals surface area contributed by atoms with E-state index in [1.54, 1.807) is 0 Å². The average Bonchev–Trinajstić information content (AvgIpc) is 2.33. The Balaban J connectivity index is 2.12. The van der Waals surface area contributed by atoms with E-state index in [1.165, 1.54) is 6.42 Å². The highest BCUT2D eigenvalue weighted by Crippen LogP contribution is 2.27.